The predicted molar refractivity (Wildman–Crippen MR) is 89.1 cm³/mol. The fourth-order valence-electron chi connectivity index (χ4n) is 2.79. The maximum absolute atomic E-state index is 4.61. The van der Waals surface area contributed by atoms with Crippen molar-refractivity contribution in [3.05, 3.63) is 11.9 Å². The molecule has 0 saturated carbocycles. The topological polar surface area (TPSA) is 44.3 Å². The van der Waals surface area contributed by atoms with Crippen LogP contribution in [0.3, 0.4) is 0 Å². The van der Waals surface area contributed by atoms with Gasteiger partial charge in [0.2, 0.25) is 0 Å². The summed E-state index contributed by atoms with van der Waals surface area (Å²) >= 11 is 0. The standard InChI is InChI=1S/C16H29N5/c1-5-7-14-15(17-8-6-2)18-12-19-16(14)21-10-9-20(4)13(3)11-21/h12-13H,5-11H2,1-4H3,(H,17,18,19). The number of nitrogens with zero attached hydrogens (tertiary/aromatic N) is 4. The molecule has 1 saturated heterocycles. The number of nitrogens with one attached hydrogen (secondary N) is 1. The maximum atomic E-state index is 4.61. The molecular formula is C16H29N5. The largest absolute Gasteiger partial charge is 0.370 e. The number of anilines is 2. The lowest BCUT2D eigenvalue weighted by Gasteiger charge is -2.39. The lowest BCUT2D eigenvalue weighted by Crippen LogP contribution is -2.50. The Kier molecular flexibility index (Phi) is 5.79. The van der Waals surface area contributed by atoms with Gasteiger partial charge < -0.3 is 15.1 Å². The number of likely N-dealkylation sites (N-methyl/N-ethyl adjacent to an activating group) is 1. The second-order valence-electron chi connectivity index (χ2n) is 5.98. The Morgan fingerprint density at radius 1 is 1.24 bits per heavy atom. The van der Waals surface area contributed by atoms with Gasteiger partial charge in [0.1, 0.15) is 18.0 Å². The van der Waals surface area contributed by atoms with Crippen molar-refractivity contribution in [2.45, 2.75) is 46.1 Å². The van der Waals surface area contributed by atoms with Gasteiger partial charge >= 0.3 is 0 Å². The van der Waals surface area contributed by atoms with E-state index in [2.05, 4.69) is 52.9 Å². The van der Waals surface area contributed by atoms with Crippen molar-refractivity contribution in [1.29, 1.82) is 0 Å². The molecule has 5 heteroatoms. The molecule has 1 aliphatic rings. The minimum atomic E-state index is 0.565. The molecule has 5 nitrogen and oxygen atoms in total. The molecule has 1 N–H and O–H groups in total. The Balaban J connectivity index is 2.25. The van der Waals surface area contributed by atoms with E-state index >= 15 is 0 Å². The molecule has 0 amide bonds. The van der Waals surface area contributed by atoms with E-state index in [1.165, 1.54) is 5.56 Å². The summed E-state index contributed by atoms with van der Waals surface area (Å²) < 4.78 is 0. The minimum absolute atomic E-state index is 0.565. The number of aromatic nitrogens is 2. The third kappa shape index (κ3) is 3.84. The minimum Gasteiger partial charge on any atom is -0.370 e. The highest BCUT2D eigenvalue weighted by molar-refractivity contribution is 5.59. The Labute approximate surface area is 128 Å². The van der Waals surface area contributed by atoms with Crippen molar-refractivity contribution in [1.82, 2.24) is 14.9 Å². The molecule has 118 valence electrons. The summed E-state index contributed by atoms with van der Waals surface area (Å²) in [6.45, 7) is 10.8. The molecule has 1 atom stereocenters. The number of piperazine rings is 1. The van der Waals surface area contributed by atoms with Crippen LogP contribution >= 0.6 is 0 Å². The van der Waals surface area contributed by atoms with E-state index in [4.69, 9.17) is 0 Å². The quantitative estimate of drug-likeness (QED) is 0.872. The average Bonchev–Trinajstić information content (AvgIpc) is 2.49. The van der Waals surface area contributed by atoms with Gasteiger partial charge in [-0.3, -0.25) is 0 Å². The zero-order valence-electron chi connectivity index (χ0n) is 13.9. The van der Waals surface area contributed by atoms with Crippen LogP contribution in [0.25, 0.3) is 0 Å². The molecule has 1 aliphatic heterocycles. The summed E-state index contributed by atoms with van der Waals surface area (Å²) in [4.78, 5) is 13.9. The van der Waals surface area contributed by atoms with E-state index in [0.29, 0.717) is 6.04 Å². The van der Waals surface area contributed by atoms with Gasteiger partial charge in [0.25, 0.3) is 0 Å². The molecule has 1 fully saturated rings. The summed E-state index contributed by atoms with van der Waals surface area (Å²) in [6, 6.07) is 0.565. The second-order valence-corrected chi connectivity index (χ2v) is 5.98. The highest BCUT2D eigenvalue weighted by Crippen LogP contribution is 2.26. The monoisotopic (exact) mass is 291 g/mol. The molecule has 2 heterocycles. The van der Waals surface area contributed by atoms with Crippen molar-refractivity contribution in [2.24, 2.45) is 0 Å². The fourth-order valence-corrected chi connectivity index (χ4v) is 2.79. The number of rotatable bonds is 6. The van der Waals surface area contributed by atoms with Crippen LogP contribution < -0.4 is 10.2 Å². The van der Waals surface area contributed by atoms with Crippen molar-refractivity contribution < 1.29 is 0 Å². The van der Waals surface area contributed by atoms with Crippen LogP contribution in [0.4, 0.5) is 11.6 Å². The highest BCUT2D eigenvalue weighted by atomic mass is 15.3. The van der Waals surface area contributed by atoms with Gasteiger partial charge in [-0.25, -0.2) is 9.97 Å². The van der Waals surface area contributed by atoms with E-state index in [9.17, 15) is 0 Å². The summed E-state index contributed by atoms with van der Waals surface area (Å²) in [6.07, 6.45) is 4.96. The molecule has 0 bridgehead atoms. The third-order valence-electron chi connectivity index (χ3n) is 4.22. The van der Waals surface area contributed by atoms with Crippen molar-refractivity contribution in [3.63, 3.8) is 0 Å². The first kappa shape index (κ1) is 16.0. The lowest BCUT2D eigenvalue weighted by molar-refractivity contribution is 0.233. The molecule has 2 rings (SSSR count). The Morgan fingerprint density at radius 2 is 2.05 bits per heavy atom. The molecule has 21 heavy (non-hydrogen) atoms. The van der Waals surface area contributed by atoms with E-state index in [1.54, 1.807) is 6.33 Å². The van der Waals surface area contributed by atoms with Crippen molar-refractivity contribution in [2.75, 3.05) is 43.4 Å². The lowest BCUT2D eigenvalue weighted by atomic mass is 10.1. The van der Waals surface area contributed by atoms with Gasteiger partial charge in [0, 0.05) is 37.8 Å². The van der Waals surface area contributed by atoms with Crippen LogP contribution in [-0.2, 0) is 6.42 Å². The first-order valence-electron chi connectivity index (χ1n) is 8.20. The van der Waals surface area contributed by atoms with Crippen molar-refractivity contribution >= 4 is 11.6 Å². The van der Waals surface area contributed by atoms with E-state index in [1.807, 2.05) is 0 Å². The summed E-state index contributed by atoms with van der Waals surface area (Å²) in [5.74, 6) is 2.15. The number of hydrogen-bond acceptors (Lipinski definition) is 5. The smallest absolute Gasteiger partial charge is 0.137 e. The van der Waals surface area contributed by atoms with Crippen LogP contribution in [0.2, 0.25) is 0 Å². The van der Waals surface area contributed by atoms with Crippen LogP contribution in [0.15, 0.2) is 6.33 Å². The second kappa shape index (κ2) is 7.59. The normalized spacial score (nSPS) is 19.8. The van der Waals surface area contributed by atoms with Crippen molar-refractivity contribution in [3.8, 4) is 0 Å². The van der Waals surface area contributed by atoms with E-state index < -0.39 is 0 Å². The summed E-state index contributed by atoms with van der Waals surface area (Å²) in [7, 11) is 2.20. The van der Waals surface area contributed by atoms with Crippen LogP contribution in [0.5, 0.6) is 0 Å². The highest BCUT2D eigenvalue weighted by Gasteiger charge is 2.24. The van der Waals surface area contributed by atoms with Gasteiger partial charge in [-0.1, -0.05) is 20.3 Å². The Morgan fingerprint density at radius 3 is 2.71 bits per heavy atom. The van der Waals surface area contributed by atoms with Gasteiger partial charge in [-0.15, -0.1) is 0 Å². The zero-order chi connectivity index (χ0) is 15.2. The molecule has 1 aromatic heterocycles. The number of hydrogen-bond donors (Lipinski definition) is 1. The first-order valence-corrected chi connectivity index (χ1v) is 8.20. The first-order chi connectivity index (χ1) is 10.2. The molecule has 0 radical (unpaired) electrons. The van der Waals surface area contributed by atoms with Gasteiger partial charge in [0.15, 0.2) is 0 Å². The average molecular weight is 291 g/mol. The van der Waals surface area contributed by atoms with E-state index in [-0.39, 0.29) is 0 Å². The molecule has 0 aliphatic carbocycles. The fraction of sp³-hybridized carbons (Fsp3) is 0.750. The summed E-state index contributed by atoms with van der Waals surface area (Å²) in [5, 5.41) is 3.46. The Bertz CT molecular complexity index is 448. The predicted octanol–water partition coefficient (Wildman–Crippen LogP) is 2.39. The Hall–Kier alpha value is -1.36. The zero-order valence-corrected chi connectivity index (χ0v) is 13.9. The molecule has 0 spiro atoms. The van der Waals surface area contributed by atoms with Gasteiger partial charge in [-0.2, -0.15) is 0 Å². The van der Waals surface area contributed by atoms with Crippen LogP contribution in [0.1, 0.15) is 39.2 Å². The molecular weight excluding hydrogens is 262 g/mol. The van der Waals surface area contributed by atoms with Crippen LogP contribution in [0, 0.1) is 0 Å². The van der Waals surface area contributed by atoms with Gasteiger partial charge in [0.05, 0.1) is 0 Å². The van der Waals surface area contributed by atoms with Gasteiger partial charge in [-0.05, 0) is 26.8 Å². The summed E-state index contributed by atoms with van der Waals surface area (Å²) in [5.41, 5.74) is 1.28. The molecule has 1 aromatic rings. The molecule has 0 aromatic carbocycles. The van der Waals surface area contributed by atoms with E-state index in [0.717, 1.165) is 57.1 Å². The van der Waals surface area contributed by atoms with Crippen LogP contribution in [-0.4, -0.2) is 54.1 Å². The third-order valence-corrected chi connectivity index (χ3v) is 4.22. The maximum Gasteiger partial charge on any atom is 0.137 e. The molecule has 1 unspecified atom stereocenters. The SMILES string of the molecule is CCCNc1ncnc(N2CCN(C)C(C)C2)c1CCC.